The first kappa shape index (κ1) is 18.9. The lowest BCUT2D eigenvalue weighted by Gasteiger charge is -2.30. The minimum absolute atomic E-state index is 0.430. The van der Waals surface area contributed by atoms with Gasteiger partial charge in [0, 0.05) is 23.5 Å². The molecule has 1 N–H and O–H groups in total. The molecule has 0 radical (unpaired) electrons. The molecule has 1 aliphatic heterocycles. The van der Waals surface area contributed by atoms with Crippen molar-refractivity contribution in [1.29, 1.82) is 0 Å². The first-order valence-electron chi connectivity index (χ1n) is 6.93. The van der Waals surface area contributed by atoms with Crippen molar-refractivity contribution >= 4 is 22.6 Å². The fourth-order valence-electron chi connectivity index (χ4n) is 2.14. The molecule has 0 bridgehead atoms. The quantitative estimate of drug-likeness (QED) is 0.814. The smallest absolute Gasteiger partial charge is 0.350 e. The van der Waals surface area contributed by atoms with Gasteiger partial charge in [-0.2, -0.15) is 26.3 Å². The van der Waals surface area contributed by atoms with Gasteiger partial charge in [-0.15, -0.1) is 0 Å². The minimum atomic E-state index is -6.13. The van der Waals surface area contributed by atoms with E-state index in [1.165, 1.54) is 11.8 Å². The van der Waals surface area contributed by atoms with Crippen molar-refractivity contribution in [3.63, 3.8) is 0 Å². The first-order valence-corrected chi connectivity index (χ1v) is 7.92. The van der Waals surface area contributed by atoms with Crippen LogP contribution in [0.5, 0.6) is 0 Å². The number of hydrogen-bond acceptors (Lipinski definition) is 4. The highest BCUT2D eigenvalue weighted by molar-refractivity contribution is 8.14. The molecule has 0 aromatic heterocycles. The number of thioether (sulfide) groups is 1. The van der Waals surface area contributed by atoms with Crippen molar-refractivity contribution in [3.8, 4) is 0 Å². The second kappa shape index (κ2) is 6.47. The molecule has 0 saturated carbocycles. The monoisotopic (exact) mass is 372 g/mol. The summed E-state index contributed by atoms with van der Waals surface area (Å²) in [5, 5.41) is 9.33. The summed E-state index contributed by atoms with van der Waals surface area (Å²) in [5.74, 6) is -10.0. The van der Waals surface area contributed by atoms with Gasteiger partial charge in [-0.05, 0) is 19.1 Å². The Labute approximate surface area is 138 Å². The molecule has 1 atom stereocenters. The van der Waals surface area contributed by atoms with E-state index in [4.69, 9.17) is 5.11 Å². The summed E-state index contributed by atoms with van der Waals surface area (Å²) in [6.45, 7) is 2.89. The first-order chi connectivity index (χ1) is 11.0. The van der Waals surface area contributed by atoms with Gasteiger partial charge in [0.1, 0.15) is 0 Å². The molecule has 0 fully saturated rings. The van der Waals surface area contributed by atoms with E-state index in [0.29, 0.717) is 36.1 Å². The van der Waals surface area contributed by atoms with Crippen LogP contribution in [0.3, 0.4) is 0 Å². The lowest BCUT2D eigenvalue weighted by molar-refractivity contribution is -0.390. The summed E-state index contributed by atoms with van der Waals surface area (Å²) in [5.41, 5.74) is -0.842. The van der Waals surface area contributed by atoms with Crippen LogP contribution < -0.4 is 4.90 Å². The molecule has 1 unspecified atom stereocenters. The highest BCUT2D eigenvalue weighted by Crippen LogP contribution is 2.49. The zero-order valence-electron chi connectivity index (χ0n) is 12.4. The van der Waals surface area contributed by atoms with E-state index < -0.39 is 23.5 Å². The van der Waals surface area contributed by atoms with Crippen molar-refractivity contribution in [2.24, 2.45) is 4.99 Å². The van der Waals surface area contributed by atoms with E-state index in [0.717, 1.165) is 17.9 Å². The molecule has 0 saturated heterocycles. The van der Waals surface area contributed by atoms with Crippen molar-refractivity contribution in [2.45, 2.75) is 24.9 Å². The summed E-state index contributed by atoms with van der Waals surface area (Å²) in [7, 11) is 0. The second-order valence-electron chi connectivity index (χ2n) is 5.00. The topological polar surface area (TPSA) is 35.8 Å². The van der Waals surface area contributed by atoms with E-state index in [2.05, 4.69) is 4.99 Å². The van der Waals surface area contributed by atoms with Gasteiger partial charge in [-0.1, -0.05) is 23.9 Å². The zero-order chi connectivity index (χ0) is 18.2. The maximum atomic E-state index is 13.8. The predicted molar refractivity (Wildman–Crippen MR) is 80.2 cm³/mol. The van der Waals surface area contributed by atoms with Gasteiger partial charge in [0.15, 0.2) is 5.17 Å². The van der Waals surface area contributed by atoms with E-state index in [1.54, 1.807) is 11.8 Å². The number of aliphatic hydroxyl groups is 1. The maximum absolute atomic E-state index is 13.8. The summed E-state index contributed by atoms with van der Waals surface area (Å²) >= 11 is 1.47. The van der Waals surface area contributed by atoms with E-state index >= 15 is 0 Å². The highest BCUT2D eigenvalue weighted by atomic mass is 32.2. The normalized spacial score (nSPS) is 18.2. The Morgan fingerprint density at radius 3 is 2.12 bits per heavy atom. The standard InChI is InChI=1S/C14H14F6N2OS/c1-2-22(11-21-7-8-24-11)10-5-3-9(4-6-10)12(15,16)13(17,23)14(18,19)20/h3-6,23H,2,7-8H2,1H3. The lowest BCUT2D eigenvalue weighted by atomic mass is 10.0. The lowest BCUT2D eigenvalue weighted by Crippen LogP contribution is -2.53. The fraction of sp³-hybridized carbons (Fsp3) is 0.500. The van der Waals surface area contributed by atoms with Crippen LogP contribution in [0.25, 0.3) is 0 Å². The number of rotatable bonds is 4. The summed E-state index contributed by atoms with van der Waals surface area (Å²) in [4.78, 5) is 5.93. The molecule has 24 heavy (non-hydrogen) atoms. The number of aliphatic imine (C=N–C) groups is 1. The molecule has 134 valence electrons. The molecule has 1 aliphatic rings. The number of halogens is 6. The number of amidine groups is 1. The third kappa shape index (κ3) is 3.21. The molecule has 1 aromatic carbocycles. The van der Waals surface area contributed by atoms with E-state index in [9.17, 15) is 26.3 Å². The Morgan fingerprint density at radius 1 is 1.12 bits per heavy atom. The maximum Gasteiger partial charge on any atom is 0.455 e. The third-order valence-corrected chi connectivity index (χ3v) is 4.44. The molecule has 1 heterocycles. The van der Waals surface area contributed by atoms with Crippen LogP contribution in [0.2, 0.25) is 0 Å². The number of hydrogen-bond donors (Lipinski definition) is 1. The molecule has 3 nitrogen and oxygen atoms in total. The second-order valence-corrected chi connectivity index (χ2v) is 6.06. The fourth-order valence-corrected chi connectivity index (χ4v) is 3.07. The molecule has 2 rings (SSSR count). The van der Waals surface area contributed by atoms with Crippen molar-refractivity contribution in [2.75, 3.05) is 23.7 Å². The Bertz CT molecular complexity index is 615. The van der Waals surface area contributed by atoms with Gasteiger partial charge in [0.2, 0.25) is 0 Å². The number of benzene rings is 1. The average molecular weight is 372 g/mol. The largest absolute Gasteiger partial charge is 0.455 e. The Balaban J connectivity index is 2.31. The molecule has 10 heteroatoms. The molecular formula is C14H14F6N2OS. The van der Waals surface area contributed by atoms with Gasteiger partial charge < -0.3 is 10.0 Å². The van der Waals surface area contributed by atoms with Crippen LogP contribution in [-0.4, -0.2) is 41.1 Å². The Hall–Kier alpha value is -1.42. The molecule has 0 amide bonds. The van der Waals surface area contributed by atoms with Crippen LogP contribution in [0.4, 0.5) is 32.0 Å². The molecular weight excluding hydrogens is 358 g/mol. The van der Waals surface area contributed by atoms with Crippen molar-refractivity contribution in [1.82, 2.24) is 0 Å². The van der Waals surface area contributed by atoms with Crippen LogP contribution in [0.1, 0.15) is 12.5 Å². The van der Waals surface area contributed by atoms with Crippen LogP contribution in [-0.2, 0) is 5.92 Å². The van der Waals surface area contributed by atoms with Crippen molar-refractivity contribution < 1.29 is 31.4 Å². The zero-order valence-corrected chi connectivity index (χ0v) is 13.3. The van der Waals surface area contributed by atoms with E-state index in [1.807, 2.05) is 0 Å². The third-order valence-electron chi connectivity index (χ3n) is 3.45. The van der Waals surface area contributed by atoms with Gasteiger partial charge in [-0.3, -0.25) is 4.99 Å². The Morgan fingerprint density at radius 2 is 1.71 bits per heavy atom. The minimum Gasteiger partial charge on any atom is -0.350 e. The van der Waals surface area contributed by atoms with E-state index in [-0.39, 0.29) is 0 Å². The molecule has 1 aromatic rings. The van der Waals surface area contributed by atoms with Gasteiger partial charge in [0.05, 0.1) is 6.54 Å². The average Bonchev–Trinajstić information content (AvgIpc) is 3.01. The van der Waals surface area contributed by atoms with Crippen LogP contribution >= 0.6 is 11.8 Å². The van der Waals surface area contributed by atoms with Crippen LogP contribution in [0.15, 0.2) is 29.3 Å². The SMILES string of the molecule is CCN(C1=NCCS1)c1ccc(C(F)(F)C(O)(F)C(F)(F)F)cc1. The predicted octanol–water partition coefficient (Wildman–Crippen LogP) is 3.93. The van der Waals surface area contributed by atoms with Gasteiger partial charge in [-0.25, -0.2) is 0 Å². The van der Waals surface area contributed by atoms with Crippen molar-refractivity contribution in [3.05, 3.63) is 29.8 Å². The number of alkyl halides is 6. The number of nitrogens with zero attached hydrogens (tertiary/aromatic N) is 2. The number of anilines is 1. The summed E-state index contributed by atoms with van der Waals surface area (Å²) in [6, 6.07) is 3.60. The summed E-state index contributed by atoms with van der Waals surface area (Å²) in [6.07, 6.45) is -6.13. The molecule has 0 spiro atoms. The Kier molecular flexibility index (Phi) is 5.10. The summed E-state index contributed by atoms with van der Waals surface area (Å²) < 4.78 is 77.8. The van der Waals surface area contributed by atoms with Gasteiger partial charge in [0.25, 0.3) is 0 Å². The highest BCUT2D eigenvalue weighted by Gasteiger charge is 2.71. The van der Waals surface area contributed by atoms with Gasteiger partial charge >= 0.3 is 18.0 Å². The molecule has 0 aliphatic carbocycles. The van der Waals surface area contributed by atoms with Crippen LogP contribution in [0, 0.1) is 0 Å².